The molecule has 0 N–H and O–H groups in total. The lowest BCUT2D eigenvalue weighted by molar-refractivity contribution is 1.17. The van der Waals surface area contributed by atoms with Crippen molar-refractivity contribution in [3.05, 3.63) is 230 Å². The van der Waals surface area contributed by atoms with Crippen LogP contribution in [0.2, 0.25) is 0 Å². The van der Waals surface area contributed by atoms with Crippen molar-refractivity contribution in [1.29, 1.82) is 0 Å². The molecule has 5 heteroatoms. The third-order valence-electron chi connectivity index (χ3n) is 14.4. The second-order valence-electron chi connectivity index (χ2n) is 18.2. The molecule has 316 valence electrons. The van der Waals surface area contributed by atoms with E-state index >= 15 is 0 Å². The van der Waals surface area contributed by atoms with Gasteiger partial charge in [-0.2, -0.15) is 0 Å². The van der Waals surface area contributed by atoms with E-state index in [0.717, 1.165) is 5.69 Å². The third kappa shape index (κ3) is 5.72. The molecule has 2 nitrogen and oxygen atoms in total. The second-order valence-corrected chi connectivity index (χ2v) is 24.1. The Kier molecular flexibility index (Phi) is 8.64. The van der Waals surface area contributed by atoms with Crippen LogP contribution in [0.5, 0.6) is 0 Å². The number of anilines is 6. The molecule has 0 spiro atoms. The van der Waals surface area contributed by atoms with E-state index in [2.05, 4.69) is 242 Å². The highest BCUT2D eigenvalue weighted by Gasteiger charge is 2.49. The predicted molar refractivity (Wildman–Crippen MR) is 289 cm³/mol. The lowest BCUT2D eigenvalue weighted by atomic mass is 9.93. The molecule has 3 aliphatic rings. The number of aryl methyl sites for hydroxylation is 2. The molecule has 0 amide bonds. The van der Waals surface area contributed by atoms with Crippen LogP contribution < -0.4 is 30.5 Å². The quantitative estimate of drug-likeness (QED) is 0.128. The Morgan fingerprint density at radius 2 is 0.746 bits per heavy atom. The zero-order valence-corrected chi connectivity index (χ0v) is 39.6. The van der Waals surface area contributed by atoms with E-state index in [1.165, 1.54) is 123 Å². The molecule has 11 aromatic rings. The first-order valence-corrected chi connectivity index (χ1v) is 26.7. The number of benzene rings is 11. The van der Waals surface area contributed by atoms with Crippen LogP contribution in [-0.4, -0.2) is 8.07 Å². The van der Waals surface area contributed by atoms with Gasteiger partial charge in [-0.3, -0.25) is 0 Å². The Morgan fingerprint density at radius 3 is 1.28 bits per heavy atom. The van der Waals surface area contributed by atoms with Crippen LogP contribution in [0, 0.1) is 13.8 Å². The van der Waals surface area contributed by atoms with Gasteiger partial charge in [0.2, 0.25) is 0 Å². The minimum Gasteiger partial charge on any atom is -0.308 e. The van der Waals surface area contributed by atoms with E-state index in [0.29, 0.717) is 0 Å². The van der Waals surface area contributed by atoms with Crippen LogP contribution in [0.3, 0.4) is 0 Å². The summed E-state index contributed by atoms with van der Waals surface area (Å²) in [6.07, 6.45) is 0. The van der Waals surface area contributed by atoms with Gasteiger partial charge in [-0.25, -0.2) is 0 Å². The third-order valence-corrected chi connectivity index (χ3v) is 21.5. The molecule has 0 bridgehead atoms. The summed E-state index contributed by atoms with van der Waals surface area (Å²) in [6.45, 7) is 4.40. The van der Waals surface area contributed by atoms with Gasteiger partial charge in [-0.1, -0.05) is 180 Å². The largest absolute Gasteiger partial charge is 0.308 e. The molecule has 0 saturated heterocycles. The Bertz CT molecular complexity index is 3750. The van der Waals surface area contributed by atoms with Gasteiger partial charge in [0.15, 0.2) is 8.07 Å². The molecule has 0 fully saturated rings. The fourth-order valence-electron chi connectivity index (χ4n) is 11.4. The van der Waals surface area contributed by atoms with Crippen LogP contribution >= 0.6 is 23.5 Å². The molecular weight excluding hydrogens is 865 g/mol. The number of nitrogens with zero attached hydrogens (tertiary/aromatic N) is 2. The molecule has 0 unspecified atom stereocenters. The smallest absolute Gasteiger partial charge is 0.180 e. The van der Waals surface area contributed by atoms with Gasteiger partial charge in [0.1, 0.15) is 0 Å². The fraction of sp³-hybridized carbons (Fsp3) is 0.0323. The van der Waals surface area contributed by atoms with Crippen molar-refractivity contribution < 1.29 is 0 Å². The van der Waals surface area contributed by atoms with E-state index < -0.39 is 8.07 Å². The average Bonchev–Trinajstić information content (AvgIpc) is 3.66. The molecule has 0 aromatic heterocycles. The molecule has 0 atom stereocenters. The van der Waals surface area contributed by atoms with Crippen molar-refractivity contribution >= 4 is 119 Å². The van der Waals surface area contributed by atoms with Gasteiger partial charge in [-0.05, 0) is 151 Å². The van der Waals surface area contributed by atoms with Gasteiger partial charge >= 0.3 is 0 Å². The van der Waals surface area contributed by atoms with Crippen molar-refractivity contribution in [3.8, 4) is 11.1 Å². The maximum absolute atomic E-state index is 2.76. The van der Waals surface area contributed by atoms with Crippen LogP contribution in [0.4, 0.5) is 34.1 Å². The number of hydrogen-bond donors (Lipinski definition) is 0. The number of para-hydroxylation sites is 3. The van der Waals surface area contributed by atoms with Crippen LogP contribution in [0.1, 0.15) is 11.1 Å². The Labute approximate surface area is 400 Å². The normalized spacial score (nSPS) is 14.1. The molecular formula is C62H42N2S2Si. The Morgan fingerprint density at radius 1 is 0.313 bits per heavy atom. The topological polar surface area (TPSA) is 6.48 Å². The van der Waals surface area contributed by atoms with E-state index in [1.807, 2.05) is 23.5 Å². The van der Waals surface area contributed by atoms with E-state index in [-0.39, 0.29) is 0 Å². The molecule has 3 heterocycles. The molecule has 14 rings (SSSR count). The minimum atomic E-state index is -2.76. The van der Waals surface area contributed by atoms with Gasteiger partial charge in [0, 0.05) is 31.0 Å². The van der Waals surface area contributed by atoms with Crippen LogP contribution in [-0.2, 0) is 0 Å². The van der Waals surface area contributed by atoms with Crippen molar-refractivity contribution in [2.24, 2.45) is 0 Å². The Hall–Kier alpha value is -7.28. The second kappa shape index (κ2) is 14.9. The average molecular weight is 907 g/mol. The summed E-state index contributed by atoms with van der Waals surface area (Å²) in [7, 11) is -2.76. The summed E-state index contributed by atoms with van der Waals surface area (Å²) in [5.74, 6) is 0. The predicted octanol–water partition coefficient (Wildman–Crippen LogP) is 15.0. The minimum absolute atomic E-state index is 1.16. The first-order valence-electron chi connectivity index (χ1n) is 23.1. The number of rotatable bonds is 4. The maximum atomic E-state index is 2.60. The van der Waals surface area contributed by atoms with Crippen molar-refractivity contribution in [2.45, 2.75) is 33.4 Å². The first-order chi connectivity index (χ1) is 33.0. The lowest BCUT2D eigenvalue weighted by Crippen LogP contribution is -2.72. The SMILES string of the molecule is Cc1ccc([Si]2(c3ccc(C)cc3)c3ccccc3-c3cc4c(cc32)N(c2ccc3c5ccc(N6c7ccccc7Sc7ccccc76)cc5c5ccccc5c3c2)c2ccccc2S4)cc1. The molecule has 0 radical (unpaired) electrons. The Balaban J connectivity index is 0.988. The van der Waals surface area contributed by atoms with Gasteiger partial charge in [0.25, 0.3) is 0 Å². The molecule has 3 aliphatic heterocycles. The first kappa shape index (κ1) is 38.9. The van der Waals surface area contributed by atoms with E-state index in [1.54, 1.807) is 0 Å². The standard InChI is InChI=1S/C62H42N2S2Si/c1-39-23-29-43(30-24-39)67(44-31-25-40(2)26-32-44)61-22-12-5-15-49(61)52-37-60-56(38-62(52)67)64(55-18-8-11-21-59(55)66-60)42-28-34-48-47-33-27-41(35-50(47)45-13-3-4-14-46(45)51(48)36-42)63-53-16-6-9-19-57(53)65-58-20-10-7-17-54(58)63/h3-38H,1-2H3. The van der Waals surface area contributed by atoms with Gasteiger partial charge in [0.05, 0.1) is 22.7 Å². The highest BCUT2D eigenvalue weighted by atomic mass is 32.2. The molecule has 67 heavy (non-hydrogen) atoms. The summed E-state index contributed by atoms with van der Waals surface area (Å²) in [4.78, 5) is 10.1. The summed E-state index contributed by atoms with van der Waals surface area (Å²) < 4.78 is 0. The zero-order valence-electron chi connectivity index (χ0n) is 37.0. The van der Waals surface area contributed by atoms with Gasteiger partial charge < -0.3 is 9.80 Å². The maximum Gasteiger partial charge on any atom is 0.180 e. The van der Waals surface area contributed by atoms with Crippen molar-refractivity contribution in [3.63, 3.8) is 0 Å². The summed E-state index contributed by atoms with van der Waals surface area (Å²) >= 11 is 3.75. The van der Waals surface area contributed by atoms with Crippen LogP contribution in [0.25, 0.3) is 43.4 Å². The highest BCUT2D eigenvalue weighted by Crippen LogP contribution is 2.55. The van der Waals surface area contributed by atoms with E-state index in [4.69, 9.17) is 0 Å². The fourth-order valence-corrected chi connectivity index (χ4v) is 18.7. The lowest BCUT2D eigenvalue weighted by Gasteiger charge is -2.36. The zero-order chi connectivity index (χ0) is 44.4. The summed E-state index contributed by atoms with van der Waals surface area (Å²) in [5, 5.41) is 13.3. The van der Waals surface area contributed by atoms with Crippen molar-refractivity contribution in [2.75, 3.05) is 9.80 Å². The highest BCUT2D eigenvalue weighted by molar-refractivity contribution is 8.00. The summed E-state index contributed by atoms with van der Waals surface area (Å²) in [6, 6.07) is 83.1. The van der Waals surface area contributed by atoms with Gasteiger partial charge in [-0.15, -0.1) is 0 Å². The molecule has 0 saturated carbocycles. The summed E-state index contributed by atoms with van der Waals surface area (Å²) in [5.41, 5.74) is 12.5. The number of fused-ring (bicyclic) bond motifs is 13. The molecule has 11 aromatic carbocycles. The van der Waals surface area contributed by atoms with Crippen molar-refractivity contribution in [1.82, 2.24) is 0 Å². The molecule has 0 aliphatic carbocycles. The van der Waals surface area contributed by atoms with E-state index in [9.17, 15) is 0 Å². The monoisotopic (exact) mass is 906 g/mol. The number of hydrogen-bond acceptors (Lipinski definition) is 4. The van der Waals surface area contributed by atoms with Crippen LogP contribution in [0.15, 0.2) is 238 Å².